The van der Waals surface area contributed by atoms with Gasteiger partial charge in [-0.15, -0.1) is 0 Å². The van der Waals surface area contributed by atoms with Gasteiger partial charge in [-0.05, 0) is 36.5 Å². The molecule has 1 atom stereocenters. The minimum absolute atomic E-state index is 0.176. The van der Waals surface area contributed by atoms with Crippen LogP contribution >= 0.6 is 31.9 Å². The number of benzene rings is 1. The van der Waals surface area contributed by atoms with Crippen molar-refractivity contribution in [1.29, 1.82) is 0 Å². The van der Waals surface area contributed by atoms with Crippen LogP contribution in [-0.2, 0) is 0 Å². The van der Waals surface area contributed by atoms with Crippen LogP contribution < -0.4 is 5.73 Å². The largest absolute Gasteiger partial charge is 0.324 e. The van der Waals surface area contributed by atoms with Crippen LogP contribution in [-0.4, -0.2) is 0 Å². The van der Waals surface area contributed by atoms with Gasteiger partial charge in [-0.25, -0.2) is 0 Å². The van der Waals surface area contributed by atoms with Crippen molar-refractivity contribution < 1.29 is 0 Å². The summed E-state index contributed by atoms with van der Waals surface area (Å²) in [5.41, 5.74) is 7.69. The fourth-order valence-corrected chi connectivity index (χ4v) is 4.01. The molecule has 1 aromatic carbocycles. The summed E-state index contributed by atoms with van der Waals surface area (Å²) in [6, 6.07) is 6.49. The van der Waals surface area contributed by atoms with Gasteiger partial charge in [-0.2, -0.15) is 0 Å². The van der Waals surface area contributed by atoms with E-state index in [0.717, 1.165) is 8.95 Å². The average molecular weight is 361 g/mol. The second-order valence-corrected chi connectivity index (χ2v) is 6.71. The molecule has 0 aromatic heterocycles. The van der Waals surface area contributed by atoms with Crippen molar-refractivity contribution >= 4 is 31.9 Å². The third-order valence-electron chi connectivity index (χ3n) is 3.73. The number of rotatable bonds is 2. The van der Waals surface area contributed by atoms with Crippen LogP contribution in [0.3, 0.4) is 0 Å². The lowest BCUT2D eigenvalue weighted by molar-refractivity contribution is 0.381. The zero-order chi connectivity index (χ0) is 12.3. The van der Waals surface area contributed by atoms with Crippen LogP contribution in [0.1, 0.15) is 50.1 Å². The highest BCUT2D eigenvalue weighted by Crippen LogP contribution is 2.35. The molecular weight excluding hydrogens is 342 g/mol. The van der Waals surface area contributed by atoms with Gasteiger partial charge >= 0.3 is 0 Å². The van der Waals surface area contributed by atoms with Crippen LogP contribution in [0.2, 0.25) is 0 Å². The first-order valence-electron chi connectivity index (χ1n) is 6.39. The predicted molar refractivity (Wildman–Crippen MR) is 80.0 cm³/mol. The second kappa shape index (κ2) is 6.35. The monoisotopic (exact) mass is 359 g/mol. The lowest BCUT2D eigenvalue weighted by atomic mass is 9.88. The molecule has 0 amide bonds. The third-order valence-corrected chi connectivity index (χ3v) is 4.91. The van der Waals surface area contributed by atoms with Gasteiger partial charge in [0, 0.05) is 15.0 Å². The summed E-state index contributed by atoms with van der Waals surface area (Å²) in [6.45, 7) is 0. The fraction of sp³-hybridized carbons (Fsp3) is 0.571. The maximum Gasteiger partial charge on any atom is 0.0334 e. The molecule has 1 saturated carbocycles. The molecule has 1 nitrogen and oxygen atoms in total. The van der Waals surface area contributed by atoms with Gasteiger partial charge in [0.1, 0.15) is 0 Å². The van der Waals surface area contributed by atoms with Crippen molar-refractivity contribution in [3.05, 3.63) is 32.7 Å². The molecule has 0 aliphatic heterocycles. The first kappa shape index (κ1) is 13.6. The summed E-state index contributed by atoms with van der Waals surface area (Å²) in [4.78, 5) is 0. The zero-order valence-electron chi connectivity index (χ0n) is 9.96. The Morgan fingerprint density at radius 1 is 1.06 bits per heavy atom. The van der Waals surface area contributed by atoms with Gasteiger partial charge in [0.25, 0.3) is 0 Å². The maximum absolute atomic E-state index is 6.44. The molecular formula is C14H19Br2N. The highest BCUT2D eigenvalue weighted by atomic mass is 79.9. The molecule has 0 saturated heterocycles. The minimum Gasteiger partial charge on any atom is -0.324 e. The lowest BCUT2D eigenvalue weighted by Gasteiger charge is -2.23. The quantitative estimate of drug-likeness (QED) is 0.722. The SMILES string of the molecule is NC(c1ccc(Br)cc1Br)C1CCCCCC1. The third kappa shape index (κ3) is 3.55. The molecule has 0 spiro atoms. The maximum atomic E-state index is 6.44. The van der Waals surface area contributed by atoms with Crippen molar-refractivity contribution in [3.8, 4) is 0 Å². The Kier molecular flexibility index (Phi) is 5.07. The van der Waals surface area contributed by atoms with Crippen LogP contribution in [0.25, 0.3) is 0 Å². The molecule has 2 N–H and O–H groups in total. The number of hydrogen-bond acceptors (Lipinski definition) is 1. The summed E-state index contributed by atoms with van der Waals surface area (Å²) >= 11 is 7.11. The Balaban J connectivity index is 2.14. The van der Waals surface area contributed by atoms with Gasteiger partial charge in [-0.1, -0.05) is 63.6 Å². The van der Waals surface area contributed by atoms with E-state index in [9.17, 15) is 0 Å². The lowest BCUT2D eigenvalue weighted by Crippen LogP contribution is -2.21. The predicted octanol–water partition coefficient (Wildman–Crippen LogP) is 5.18. The summed E-state index contributed by atoms with van der Waals surface area (Å²) in [7, 11) is 0. The molecule has 0 radical (unpaired) electrons. The number of hydrogen-bond donors (Lipinski definition) is 1. The molecule has 1 unspecified atom stereocenters. The Bertz CT molecular complexity index is 370. The first-order chi connectivity index (χ1) is 8.18. The van der Waals surface area contributed by atoms with Crippen molar-refractivity contribution in [3.63, 3.8) is 0 Å². The summed E-state index contributed by atoms with van der Waals surface area (Å²) in [5.74, 6) is 0.648. The minimum atomic E-state index is 0.176. The van der Waals surface area contributed by atoms with Crippen molar-refractivity contribution in [1.82, 2.24) is 0 Å². The van der Waals surface area contributed by atoms with Crippen LogP contribution in [0.15, 0.2) is 27.1 Å². The normalized spacial score (nSPS) is 19.9. The average Bonchev–Trinajstić information content (AvgIpc) is 2.56. The second-order valence-electron chi connectivity index (χ2n) is 4.94. The van der Waals surface area contributed by atoms with E-state index in [4.69, 9.17) is 5.73 Å². The van der Waals surface area contributed by atoms with E-state index in [0.29, 0.717) is 5.92 Å². The molecule has 1 aliphatic rings. The molecule has 1 aromatic rings. The molecule has 2 rings (SSSR count). The Morgan fingerprint density at radius 3 is 2.29 bits per heavy atom. The van der Waals surface area contributed by atoms with E-state index in [-0.39, 0.29) is 6.04 Å². The van der Waals surface area contributed by atoms with E-state index in [1.807, 2.05) is 0 Å². The van der Waals surface area contributed by atoms with Crippen molar-refractivity contribution in [2.45, 2.75) is 44.6 Å². The summed E-state index contributed by atoms with van der Waals surface area (Å²) in [6.07, 6.45) is 8.00. The van der Waals surface area contributed by atoms with Gasteiger partial charge in [0.05, 0.1) is 0 Å². The van der Waals surface area contributed by atoms with Crippen LogP contribution in [0.4, 0.5) is 0 Å². The topological polar surface area (TPSA) is 26.0 Å². The fourth-order valence-electron chi connectivity index (χ4n) is 2.70. The van der Waals surface area contributed by atoms with Gasteiger partial charge in [-0.3, -0.25) is 0 Å². The number of nitrogens with two attached hydrogens (primary N) is 1. The Hall–Kier alpha value is 0.140. The van der Waals surface area contributed by atoms with E-state index < -0.39 is 0 Å². The van der Waals surface area contributed by atoms with Gasteiger partial charge in [0.15, 0.2) is 0 Å². The standard InChI is InChI=1S/C14H19Br2N/c15-11-7-8-12(13(16)9-11)14(17)10-5-3-1-2-4-6-10/h7-10,14H,1-6,17H2. The van der Waals surface area contributed by atoms with Gasteiger partial charge < -0.3 is 5.73 Å². The van der Waals surface area contributed by atoms with Crippen molar-refractivity contribution in [2.75, 3.05) is 0 Å². The molecule has 1 fully saturated rings. The Labute approximate surface area is 120 Å². The molecule has 94 valence electrons. The van der Waals surface area contributed by atoms with Gasteiger partial charge in [0.2, 0.25) is 0 Å². The van der Waals surface area contributed by atoms with Crippen LogP contribution in [0.5, 0.6) is 0 Å². The molecule has 0 heterocycles. The van der Waals surface area contributed by atoms with E-state index in [1.54, 1.807) is 0 Å². The first-order valence-corrected chi connectivity index (χ1v) is 7.97. The van der Waals surface area contributed by atoms with Crippen molar-refractivity contribution in [2.24, 2.45) is 11.7 Å². The van der Waals surface area contributed by atoms with E-state index >= 15 is 0 Å². The summed E-state index contributed by atoms with van der Waals surface area (Å²) in [5, 5.41) is 0. The zero-order valence-corrected chi connectivity index (χ0v) is 13.1. The van der Waals surface area contributed by atoms with E-state index in [1.165, 1.54) is 44.1 Å². The molecule has 1 aliphatic carbocycles. The Morgan fingerprint density at radius 2 is 1.71 bits per heavy atom. The highest BCUT2D eigenvalue weighted by molar-refractivity contribution is 9.11. The summed E-state index contributed by atoms with van der Waals surface area (Å²) < 4.78 is 2.23. The smallest absolute Gasteiger partial charge is 0.0334 e. The van der Waals surface area contributed by atoms with Crippen LogP contribution in [0, 0.1) is 5.92 Å². The molecule has 3 heteroatoms. The number of halogens is 2. The molecule has 0 bridgehead atoms. The molecule has 17 heavy (non-hydrogen) atoms. The van der Waals surface area contributed by atoms with E-state index in [2.05, 4.69) is 50.1 Å². The highest BCUT2D eigenvalue weighted by Gasteiger charge is 2.22.